The van der Waals surface area contributed by atoms with Gasteiger partial charge in [0.1, 0.15) is 5.75 Å². The van der Waals surface area contributed by atoms with E-state index in [-0.39, 0.29) is 24.8 Å². The number of nitrogens with zero attached hydrogens (tertiary/aromatic N) is 1. The van der Waals surface area contributed by atoms with E-state index in [1.807, 2.05) is 6.07 Å². The summed E-state index contributed by atoms with van der Waals surface area (Å²) in [6.45, 7) is 3.96. The van der Waals surface area contributed by atoms with Gasteiger partial charge in [0.2, 0.25) is 0 Å². The molecule has 2 N–H and O–H groups in total. The van der Waals surface area contributed by atoms with E-state index in [0.29, 0.717) is 24.3 Å². The van der Waals surface area contributed by atoms with Gasteiger partial charge in [-0.2, -0.15) is 0 Å². The molecule has 1 heterocycles. The first-order valence-electron chi connectivity index (χ1n) is 10.1. The van der Waals surface area contributed by atoms with Crippen LogP contribution in [0.15, 0.2) is 48.5 Å². The molecule has 29 heavy (non-hydrogen) atoms. The van der Waals surface area contributed by atoms with Crippen molar-refractivity contribution in [2.24, 2.45) is 0 Å². The van der Waals surface area contributed by atoms with Gasteiger partial charge in [0.05, 0.1) is 11.7 Å². The lowest BCUT2D eigenvalue weighted by Gasteiger charge is -2.30. The van der Waals surface area contributed by atoms with Crippen LogP contribution in [0, 0.1) is 0 Å². The first-order chi connectivity index (χ1) is 14.1. The Kier molecular flexibility index (Phi) is 7.38. The molecule has 6 nitrogen and oxygen atoms in total. The zero-order valence-corrected chi connectivity index (χ0v) is 16.8. The molecule has 6 heteroatoms. The van der Waals surface area contributed by atoms with Gasteiger partial charge in [0.25, 0.3) is 5.91 Å². The lowest BCUT2D eigenvalue weighted by atomic mass is 10.00. The largest absolute Gasteiger partial charge is 0.483 e. The summed E-state index contributed by atoms with van der Waals surface area (Å²) in [5, 5.41) is 13.0. The number of nitrogens with one attached hydrogen (secondary N) is 1. The van der Waals surface area contributed by atoms with Gasteiger partial charge in [0.15, 0.2) is 12.4 Å². The summed E-state index contributed by atoms with van der Waals surface area (Å²) in [5.41, 5.74) is 3.14. The molecule has 2 aromatic rings. The summed E-state index contributed by atoms with van der Waals surface area (Å²) in [7, 11) is 0. The zero-order valence-electron chi connectivity index (χ0n) is 16.8. The molecule has 154 valence electrons. The molecular weight excluding hydrogens is 368 g/mol. The second kappa shape index (κ2) is 10.2. The molecule has 1 atom stereocenters. The SMILES string of the molecule is CCC(=O)c1ccccc1OCC(=O)NCC(O)CN1CCc2ccccc2C1. The first-order valence-corrected chi connectivity index (χ1v) is 10.1. The molecule has 0 aliphatic carbocycles. The molecule has 1 unspecified atom stereocenters. The van der Waals surface area contributed by atoms with Gasteiger partial charge in [0, 0.05) is 32.6 Å². The highest BCUT2D eigenvalue weighted by Gasteiger charge is 2.19. The average molecular weight is 396 g/mol. The molecule has 0 aromatic heterocycles. The average Bonchev–Trinajstić information content (AvgIpc) is 2.75. The number of carbonyl (C=O) groups is 2. The quantitative estimate of drug-likeness (QED) is 0.636. The van der Waals surface area contributed by atoms with Crippen molar-refractivity contribution in [3.8, 4) is 5.75 Å². The topological polar surface area (TPSA) is 78.9 Å². The number of hydrogen-bond donors (Lipinski definition) is 2. The standard InChI is InChI=1S/C23H28N2O4/c1-2-21(27)20-9-5-6-10-22(20)29-16-23(28)24-13-19(26)15-25-12-11-17-7-3-4-8-18(17)14-25/h3-10,19,26H,2,11-16H2,1H3,(H,24,28). The fourth-order valence-corrected chi connectivity index (χ4v) is 3.51. The number of para-hydroxylation sites is 1. The molecule has 0 saturated carbocycles. The fourth-order valence-electron chi connectivity index (χ4n) is 3.51. The predicted molar refractivity (Wildman–Crippen MR) is 111 cm³/mol. The molecule has 0 fully saturated rings. The van der Waals surface area contributed by atoms with Gasteiger partial charge >= 0.3 is 0 Å². The molecule has 1 amide bonds. The minimum Gasteiger partial charge on any atom is -0.483 e. The maximum absolute atomic E-state index is 12.1. The molecule has 1 aliphatic heterocycles. The third-order valence-corrected chi connectivity index (χ3v) is 5.08. The second-order valence-corrected chi connectivity index (χ2v) is 7.27. The van der Waals surface area contributed by atoms with Gasteiger partial charge in [-0.1, -0.05) is 43.3 Å². The Morgan fingerprint density at radius 1 is 1.14 bits per heavy atom. The van der Waals surface area contributed by atoms with Gasteiger partial charge < -0.3 is 15.2 Å². The van der Waals surface area contributed by atoms with E-state index >= 15 is 0 Å². The number of carbonyl (C=O) groups excluding carboxylic acids is 2. The summed E-state index contributed by atoms with van der Waals surface area (Å²) in [6, 6.07) is 15.3. The van der Waals surface area contributed by atoms with Crippen LogP contribution in [0.1, 0.15) is 34.8 Å². The monoisotopic (exact) mass is 396 g/mol. The number of aliphatic hydroxyl groups is 1. The number of β-amino-alcohol motifs (C(OH)–C–C–N with tert-alkyl or cyclic N) is 1. The maximum atomic E-state index is 12.1. The van der Waals surface area contributed by atoms with Gasteiger partial charge in [-0.05, 0) is 29.7 Å². The van der Waals surface area contributed by atoms with Crippen LogP contribution >= 0.6 is 0 Å². The molecule has 0 radical (unpaired) electrons. The van der Waals surface area contributed by atoms with E-state index in [1.165, 1.54) is 11.1 Å². The molecule has 0 saturated heterocycles. The Bertz CT molecular complexity index is 852. The van der Waals surface area contributed by atoms with Crippen molar-refractivity contribution in [1.29, 1.82) is 0 Å². The highest BCUT2D eigenvalue weighted by atomic mass is 16.5. The molecule has 1 aliphatic rings. The Morgan fingerprint density at radius 3 is 2.66 bits per heavy atom. The smallest absolute Gasteiger partial charge is 0.258 e. The number of fused-ring (bicyclic) bond motifs is 1. The summed E-state index contributed by atoms with van der Waals surface area (Å²) in [4.78, 5) is 26.2. The normalized spacial score (nSPS) is 14.7. The van der Waals surface area contributed by atoms with Crippen LogP contribution in [-0.2, 0) is 17.8 Å². The Labute approximate surface area is 171 Å². The van der Waals surface area contributed by atoms with Crippen molar-refractivity contribution in [1.82, 2.24) is 10.2 Å². The molecule has 0 bridgehead atoms. The highest BCUT2D eigenvalue weighted by molar-refractivity contribution is 5.98. The number of hydrogen-bond acceptors (Lipinski definition) is 5. The lowest BCUT2D eigenvalue weighted by Crippen LogP contribution is -2.42. The third kappa shape index (κ3) is 5.89. The number of rotatable bonds is 9. The van der Waals surface area contributed by atoms with E-state index in [2.05, 4.69) is 28.4 Å². The number of aliphatic hydroxyl groups excluding tert-OH is 1. The fraction of sp³-hybridized carbons (Fsp3) is 0.391. The van der Waals surface area contributed by atoms with Crippen molar-refractivity contribution in [2.45, 2.75) is 32.4 Å². The van der Waals surface area contributed by atoms with Crippen molar-refractivity contribution in [3.05, 3.63) is 65.2 Å². The third-order valence-electron chi connectivity index (χ3n) is 5.08. The minimum absolute atomic E-state index is 0.0282. The van der Waals surface area contributed by atoms with E-state index in [1.54, 1.807) is 31.2 Å². The number of amides is 1. The summed E-state index contributed by atoms with van der Waals surface area (Å²) in [6.07, 6.45) is 0.691. The zero-order chi connectivity index (χ0) is 20.6. The van der Waals surface area contributed by atoms with Crippen LogP contribution in [0.4, 0.5) is 0 Å². The van der Waals surface area contributed by atoms with Crippen LogP contribution in [0.5, 0.6) is 5.75 Å². The Hall–Kier alpha value is -2.70. The molecule has 2 aromatic carbocycles. The first kappa shape index (κ1) is 21.0. The minimum atomic E-state index is -0.654. The number of ketones is 1. The van der Waals surface area contributed by atoms with Crippen molar-refractivity contribution < 1.29 is 19.4 Å². The Balaban J connectivity index is 1.41. The van der Waals surface area contributed by atoms with Crippen LogP contribution in [0.2, 0.25) is 0 Å². The lowest BCUT2D eigenvalue weighted by molar-refractivity contribution is -0.123. The molecule has 0 spiro atoms. The van der Waals surface area contributed by atoms with E-state index in [0.717, 1.165) is 19.5 Å². The highest BCUT2D eigenvalue weighted by Crippen LogP contribution is 2.20. The van der Waals surface area contributed by atoms with Gasteiger partial charge in [-0.3, -0.25) is 14.5 Å². The Morgan fingerprint density at radius 2 is 1.86 bits per heavy atom. The second-order valence-electron chi connectivity index (χ2n) is 7.27. The summed E-state index contributed by atoms with van der Waals surface area (Å²) in [5.74, 6) is 0.0494. The summed E-state index contributed by atoms with van der Waals surface area (Å²) >= 11 is 0. The van der Waals surface area contributed by atoms with E-state index in [4.69, 9.17) is 4.74 Å². The van der Waals surface area contributed by atoms with Crippen molar-refractivity contribution in [2.75, 3.05) is 26.2 Å². The van der Waals surface area contributed by atoms with Crippen LogP contribution in [0.3, 0.4) is 0 Å². The van der Waals surface area contributed by atoms with Crippen molar-refractivity contribution >= 4 is 11.7 Å². The number of benzene rings is 2. The molecular formula is C23H28N2O4. The van der Waals surface area contributed by atoms with Gasteiger partial charge in [-0.15, -0.1) is 0 Å². The van der Waals surface area contributed by atoms with Gasteiger partial charge in [-0.25, -0.2) is 0 Å². The van der Waals surface area contributed by atoms with E-state index < -0.39 is 6.10 Å². The number of ether oxygens (including phenoxy) is 1. The molecule has 3 rings (SSSR count). The predicted octanol–water partition coefficient (Wildman–Crippen LogP) is 2.19. The van der Waals surface area contributed by atoms with Crippen molar-refractivity contribution in [3.63, 3.8) is 0 Å². The maximum Gasteiger partial charge on any atom is 0.258 e. The van der Waals surface area contributed by atoms with Crippen LogP contribution in [-0.4, -0.2) is 54.0 Å². The summed E-state index contributed by atoms with van der Waals surface area (Å²) < 4.78 is 5.52. The van der Waals surface area contributed by atoms with Crippen LogP contribution < -0.4 is 10.1 Å². The van der Waals surface area contributed by atoms with E-state index in [9.17, 15) is 14.7 Å². The van der Waals surface area contributed by atoms with Crippen LogP contribution in [0.25, 0.3) is 0 Å². The number of Topliss-reactive ketones (excluding diaryl/α,β-unsaturated/α-hetero) is 1.